The van der Waals surface area contributed by atoms with Gasteiger partial charge in [-0.2, -0.15) is 14.6 Å². The fourth-order valence-corrected chi connectivity index (χ4v) is 5.90. The number of hydrogen-bond acceptors (Lipinski definition) is 8. The lowest BCUT2D eigenvalue weighted by atomic mass is 10.0. The van der Waals surface area contributed by atoms with Crippen LogP contribution in [0.25, 0.3) is 11.1 Å². The summed E-state index contributed by atoms with van der Waals surface area (Å²) in [6.07, 6.45) is 3.48. The summed E-state index contributed by atoms with van der Waals surface area (Å²) in [7, 11) is -4.60. The molecule has 0 spiro atoms. The topological polar surface area (TPSA) is 139 Å². The summed E-state index contributed by atoms with van der Waals surface area (Å²) < 4.78 is 42.1. The number of nitriles is 1. The number of benzene rings is 1. The highest BCUT2D eigenvalue weighted by Gasteiger charge is 2.32. The second-order valence-corrected chi connectivity index (χ2v) is 11.1. The zero-order chi connectivity index (χ0) is 29.0. The lowest BCUT2D eigenvalue weighted by Gasteiger charge is -2.23. The van der Waals surface area contributed by atoms with E-state index in [4.69, 9.17) is 0 Å². The van der Waals surface area contributed by atoms with Gasteiger partial charge in [0.2, 0.25) is 26.6 Å². The highest BCUT2D eigenvalue weighted by Crippen LogP contribution is 2.30. The summed E-state index contributed by atoms with van der Waals surface area (Å²) in [6, 6.07) is 13.6. The van der Waals surface area contributed by atoms with Crippen LogP contribution in [-0.4, -0.2) is 33.0 Å². The molecule has 0 unspecified atom stereocenters. The van der Waals surface area contributed by atoms with E-state index in [1.54, 1.807) is 31.2 Å². The molecule has 3 heterocycles. The first-order valence-corrected chi connectivity index (χ1v) is 14.3. The highest BCUT2D eigenvalue weighted by atomic mass is 32.2. The largest absolute Gasteiger partial charge is 0.492 e. The first-order valence-electron chi connectivity index (χ1n) is 12.8. The van der Waals surface area contributed by atoms with Gasteiger partial charge in [0, 0.05) is 29.4 Å². The molecule has 40 heavy (non-hydrogen) atoms. The number of nitrogens with zero attached hydrogens (tertiary/aromatic N) is 5. The Morgan fingerprint density at radius 3 is 2.52 bits per heavy atom. The second kappa shape index (κ2) is 11.8. The molecular formula is C29H28FN5O4S. The normalized spacial score (nSPS) is 12.2. The molecule has 1 atom stereocenters. The van der Waals surface area contributed by atoms with Crippen molar-refractivity contribution in [2.75, 3.05) is 0 Å². The monoisotopic (exact) mass is 561 g/mol. The molecule has 11 heteroatoms. The van der Waals surface area contributed by atoms with Crippen molar-refractivity contribution in [2.24, 2.45) is 0 Å². The number of sulfone groups is 1. The van der Waals surface area contributed by atoms with E-state index in [0.717, 1.165) is 6.42 Å². The molecule has 1 N–H and O–H groups in total. The fourth-order valence-electron chi connectivity index (χ4n) is 4.64. The molecule has 1 aromatic carbocycles. The number of hydrogen-bond donors (Lipinski definition) is 1. The number of rotatable bonds is 9. The molecule has 206 valence electrons. The van der Waals surface area contributed by atoms with E-state index in [2.05, 4.69) is 21.0 Å². The Bertz CT molecular complexity index is 1760. The zero-order valence-electron chi connectivity index (χ0n) is 22.3. The van der Waals surface area contributed by atoms with Crippen molar-refractivity contribution in [3.8, 4) is 23.1 Å². The number of aromatic nitrogens is 4. The number of aromatic hydroxyl groups is 1. The summed E-state index contributed by atoms with van der Waals surface area (Å²) in [4.78, 5) is 25.1. The molecule has 0 aliphatic heterocycles. The first-order chi connectivity index (χ1) is 19.1. The molecule has 0 aliphatic rings. The third-order valence-corrected chi connectivity index (χ3v) is 8.31. The van der Waals surface area contributed by atoms with Gasteiger partial charge in [-0.1, -0.05) is 32.4 Å². The van der Waals surface area contributed by atoms with Gasteiger partial charge in [-0.25, -0.2) is 18.4 Å². The first kappa shape index (κ1) is 28.6. The van der Waals surface area contributed by atoms with E-state index in [1.165, 1.54) is 35.0 Å². The molecule has 9 nitrogen and oxygen atoms in total. The van der Waals surface area contributed by atoms with Crippen molar-refractivity contribution in [2.45, 2.75) is 62.4 Å². The third kappa shape index (κ3) is 5.49. The minimum atomic E-state index is -4.60. The number of halogens is 1. The Labute approximate surface area is 231 Å². The molecule has 0 fully saturated rings. The molecule has 0 aliphatic carbocycles. The van der Waals surface area contributed by atoms with E-state index in [1.807, 2.05) is 13.8 Å². The number of pyridine rings is 2. The molecule has 0 saturated carbocycles. The van der Waals surface area contributed by atoms with E-state index in [9.17, 15) is 28.0 Å². The molecule has 4 rings (SSSR count). The highest BCUT2D eigenvalue weighted by molar-refractivity contribution is 7.91. The van der Waals surface area contributed by atoms with E-state index >= 15 is 0 Å². The van der Waals surface area contributed by atoms with Crippen LogP contribution in [0.1, 0.15) is 61.8 Å². The van der Waals surface area contributed by atoms with E-state index < -0.39 is 43.2 Å². The van der Waals surface area contributed by atoms with Gasteiger partial charge in [0.05, 0.1) is 17.7 Å². The minimum Gasteiger partial charge on any atom is -0.492 e. The maximum absolute atomic E-state index is 13.9. The van der Waals surface area contributed by atoms with Gasteiger partial charge in [-0.15, -0.1) is 0 Å². The fraction of sp³-hybridized carbons (Fsp3) is 0.276. The van der Waals surface area contributed by atoms with Crippen LogP contribution in [0.2, 0.25) is 0 Å². The molecule has 3 aromatic heterocycles. The molecule has 4 aromatic rings. The van der Waals surface area contributed by atoms with E-state index in [0.29, 0.717) is 47.2 Å². The van der Waals surface area contributed by atoms with Crippen LogP contribution in [0.3, 0.4) is 0 Å². The Hall–Kier alpha value is -4.43. The lowest BCUT2D eigenvalue weighted by molar-refractivity contribution is 0.406. The van der Waals surface area contributed by atoms with Gasteiger partial charge >= 0.3 is 0 Å². The van der Waals surface area contributed by atoms with Crippen LogP contribution in [0.5, 0.6) is 5.88 Å². The van der Waals surface area contributed by atoms with Crippen molar-refractivity contribution < 1.29 is 17.9 Å². The Kier molecular flexibility index (Phi) is 8.40. The predicted molar refractivity (Wildman–Crippen MR) is 146 cm³/mol. The summed E-state index contributed by atoms with van der Waals surface area (Å²) >= 11 is 0. The van der Waals surface area contributed by atoms with Gasteiger partial charge in [-0.3, -0.25) is 9.36 Å². The molecule has 0 radical (unpaired) electrons. The maximum Gasteiger partial charge on any atom is 0.277 e. The standard InChI is InChI=1S/C29H28FN5O4S/c1-4-6-10-25-34-28(36)27(29(37)35(25)23(5-2)20-9-7-8-19(15-20)16-31)40(38,39)26-14-11-21(17-32-26)22-12-13-24(30)33-18(22)3/h7-9,11-15,17,23,36H,4-6,10H2,1-3H3/t23-/m0/s1. The summed E-state index contributed by atoms with van der Waals surface area (Å²) in [6.45, 7) is 5.42. The van der Waals surface area contributed by atoms with Gasteiger partial charge in [0.1, 0.15) is 5.82 Å². The van der Waals surface area contributed by atoms with Gasteiger partial charge in [-0.05, 0) is 61.7 Å². The van der Waals surface area contributed by atoms with Crippen molar-refractivity contribution in [3.05, 3.63) is 93.7 Å². The zero-order valence-corrected chi connectivity index (χ0v) is 23.1. The summed E-state index contributed by atoms with van der Waals surface area (Å²) in [5.74, 6) is -1.28. The van der Waals surface area contributed by atoms with Crippen LogP contribution in [-0.2, 0) is 16.3 Å². The smallest absolute Gasteiger partial charge is 0.277 e. The van der Waals surface area contributed by atoms with Crippen molar-refractivity contribution >= 4 is 9.84 Å². The van der Waals surface area contributed by atoms with Crippen LogP contribution in [0, 0.1) is 24.2 Å². The van der Waals surface area contributed by atoms with Gasteiger partial charge in [0.15, 0.2) is 5.03 Å². The molecule has 0 amide bonds. The van der Waals surface area contributed by atoms with Gasteiger partial charge in [0.25, 0.3) is 5.56 Å². The predicted octanol–water partition coefficient (Wildman–Crippen LogP) is 4.90. The Morgan fingerprint density at radius 2 is 1.90 bits per heavy atom. The van der Waals surface area contributed by atoms with Crippen molar-refractivity contribution in [1.82, 2.24) is 19.5 Å². The number of unbranched alkanes of at least 4 members (excludes halogenated alkanes) is 1. The maximum atomic E-state index is 13.9. The Morgan fingerprint density at radius 1 is 1.12 bits per heavy atom. The SMILES string of the molecule is CCCCc1nc(O)c(S(=O)(=O)c2ccc(-c3ccc(F)nc3C)cn2)c(=O)n1[C@@H](CC)c1cccc(C#N)c1. The summed E-state index contributed by atoms with van der Waals surface area (Å²) in [5, 5.41) is 19.7. The summed E-state index contributed by atoms with van der Waals surface area (Å²) in [5.41, 5.74) is 1.59. The average molecular weight is 562 g/mol. The quantitative estimate of drug-likeness (QED) is 0.285. The van der Waals surface area contributed by atoms with Crippen LogP contribution in [0.15, 0.2) is 69.4 Å². The minimum absolute atomic E-state index is 0.250. The average Bonchev–Trinajstić information content (AvgIpc) is 2.93. The Balaban J connectivity index is 1.87. The van der Waals surface area contributed by atoms with Crippen LogP contribution in [0.4, 0.5) is 4.39 Å². The lowest BCUT2D eigenvalue weighted by Crippen LogP contribution is -2.33. The van der Waals surface area contributed by atoms with E-state index in [-0.39, 0.29) is 5.82 Å². The molecule has 0 saturated heterocycles. The molecule has 0 bridgehead atoms. The number of aryl methyl sites for hydroxylation is 2. The van der Waals surface area contributed by atoms with Crippen LogP contribution >= 0.6 is 0 Å². The van der Waals surface area contributed by atoms with Gasteiger partial charge < -0.3 is 5.11 Å². The van der Waals surface area contributed by atoms with Crippen LogP contribution < -0.4 is 5.56 Å². The second-order valence-electron chi connectivity index (χ2n) is 9.28. The van der Waals surface area contributed by atoms with Crippen molar-refractivity contribution in [3.63, 3.8) is 0 Å². The van der Waals surface area contributed by atoms with Crippen molar-refractivity contribution in [1.29, 1.82) is 5.26 Å². The third-order valence-electron chi connectivity index (χ3n) is 6.63. The molecular weight excluding hydrogens is 533 g/mol.